The van der Waals surface area contributed by atoms with Gasteiger partial charge in [-0.2, -0.15) is 24.3 Å². The van der Waals surface area contributed by atoms with Gasteiger partial charge in [-0.25, -0.2) is 21.1 Å². The van der Waals surface area contributed by atoms with Crippen LogP contribution in [-0.4, -0.2) is 14.5 Å². The van der Waals surface area contributed by atoms with Crippen LogP contribution in [0.1, 0.15) is 56.1 Å². The summed E-state index contributed by atoms with van der Waals surface area (Å²) in [5.41, 5.74) is 6.59. The van der Waals surface area contributed by atoms with E-state index >= 15 is 0 Å². The van der Waals surface area contributed by atoms with Gasteiger partial charge >= 0.3 is 21.1 Å². The molecule has 0 N–H and O–H groups in total. The minimum atomic E-state index is 0. The van der Waals surface area contributed by atoms with Crippen LogP contribution in [0.25, 0.3) is 38.8 Å². The third-order valence-electron chi connectivity index (χ3n) is 7.86. The molecule has 0 aliphatic heterocycles. The number of ether oxygens (including phenoxy) is 1. The van der Waals surface area contributed by atoms with Crippen molar-refractivity contribution in [2.45, 2.75) is 44.9 Å². The first-order valence-corrected chi connectivity index (χ1v) is 13.7. The van der Waals surface area contributed by atoms with Crippen LogP contribution >= 0.6 is 0 Å². The average Bonchev–Trinajstić information content (AvgIpc) is 3.26. The molecular weight excluding hydrogens is 673 g/mol. The van der Waals surface area contributed by atoms with Gasteiger partial charge in [-0.1, -0.05) is 43.9 Å². The number of hydrogen-bond donors (Lipinski definition) is 0. The van der Waals surface area contributed by atoms with Crippen molar-refractivity contribution >= 4 is 21.8 Å². The van der Waals surface area contributed by atoms with Gasteiger partial charge in [-0.3, -0.25) is 0 Å². The second kappa shape index (κ2) is 11.0. The standard InChI is InChI=1S/C35H29N3O.Pt/c1-23(2)25-15-18-37-35(22-25)39-29-10-6-9-26(19-29)27-13-14-31-30-11-3-4-12-32(30)38(33(31)20-27)34-21-28(16-17-36-34)24-7-5-8-24;/h3-4,6,9-18,21-24H,5,7-8H2,1-2H3;/q-2;+2. The Labute approximate surface area is 249 Å². The van der Waals surface area contributed by atoms with E-state index in [4.69, 9.17) is 9.72 Å². The summed E-state index contributed by atoms with van der Waals surface area (Å²) in [5, 5.41) is 2.36. The molecule has 0 radical (unpaired) electrons. The quantitative estimate of drug-likeness (QED) is 0.163. The smallest absolute Gasteiger partial charge is 0.460 e. The summed E-state index contributed by atoms with van der Waals surface area (Å²) < 4.78 is 8.36. The fourth-order valence-corrected chi connectivity index (χ4v) is 5.46. The van der Waals surface area contributed by atoms with E-state index in [1.54, 1.807) is 6.20 Å². The molecular formula is C35H29N3OPt. The van der Waals surface area contributed by atoms with E-state index in [0.29, 0.717) is 23.5 Å². The SMILES string of the molecule is CC(C)c1ccnc(Oc2[c-]c(-c3[c-]c4c(cc3)c3ccccc3n4-c3cc(C4CCC4)ccn3)ccc2)c1.[Pt+2]. The maximum absolute atomic E-state index is 6.12. The van der Waals surface area contributed by atoms with Crippen LogP contribution < -0.4 is 4.74 Å². The number of fused-ring (bicyclic) bond motifs is 3. The molecule has 3 heterocycles. The van der Waals surface area contributed by atoms with Crippen molar-refractivity contribution < 1.29 is 25.8 Å². The molecule has 200 valence electrons. The van der Waals surface area contributed by atoms with Gasteiger partial charge in [0.1, 0.15) is 5.82 Å². The van der Waals surface area contributed by atoms with Crippen molar-refractivity contribution in [3.8, 4) is 28.6 Å². The van der Waals surface area contributed by atoms with Gasteiger partial charge in [0.15, 0.2) is 0 Å². The minimum absolute atomic E-state index is 0. The first-order chi connectivity index (χ1) is 19.1. The van der Waals surface area contributed by atoms with Crippen molar-refractivity contribution in [1.29, 1.82) is 0 Å². The zero-order chi connectivity index (χ0) is 26.3. The molecule has 0 atom stereocenters. The molecule has 7 rings (SSSR count). The van der Waals surface area contributed by atoms with Gasteiger partial charge in [0.25, 0.3) is 0 Å². The third kappa shape index (κ3) is 4.86. The first kappa shape index (κ1) is 26.5. The molecule has 1 aliphatic carbocycles. The second-order valence-corrected chi connectivity index (χ2v) is 10.7. The van der Waals surface area contributed by atoms with Gasteiger partial charge in [0.2, 0.25) is 5.88 Å². The molecule has 0 saturated heterocycles. The number of para-hydroxylation sites is 1. The predicted molar refractivity (Wildman–Crippen MR) is 157 cm³/mol. The summed E-state index contributed by atoms with van der Waals surface area (Å²) in [4.78, 5) is 9.21. The van der Waals surface area contributed by atoms with Crippen LogP contribution in [0, 0.1) is 12.1 Å². The molecule has 1 saturated carbocycles. The molecule has 40 heavy (non-hydrogen) atoms. The number of aromatic nitrogens is 3. The molecule has 0 unspecified atom stereocenters. The van der Waals surface area contributed by atoms with E-state index in [1.807, 2.05) is 36.5 Å². The topological polar surface area (TPSA) is 39.9 Å². The zero-order valence-corrected chi connectivity index (χ0v) is 24.8. The fourth-order valence-electron chi connectivity index (χ4n) is 5.46. The molecule has 5 heteroatoms. The molecule has 3 aromatic carbocycles. The number of benzene rings is 3. The summed E-state index contributed by atoms with van der Waals surface area (Å²) in [6, 6.07) is 34.4. The normalized spacial score (nSPS) is 13.4. The Hall–Kier alpha value is -3.75. The Bertz CT molecular complexity index is 1820. The van der Waals surface area contributed by atoms with Gasteiger partial charge in [-0.15, -0.1) is 18.2 Å². The van der Waals surface area contributed by atoms with Crippen molar-refractivity contribution in [3.05, 3.63) is 115 Å². The molecule has 1 aliphatic rings. The maximum atomic E-state index is 6.12. The maximum Gasteiger partial charge on any atom is 2.00 e. The van der Waals surface area contributed by atoms with Crippen LogP contribution in [0.4, 0.5) is 0 Å². The predicted octanol–water partition coefficient (Wildman–Crippen LogP) is 9.02. The molecule has 0 spiro atoms. The summed E-state index contributed by atoms with van der Waals surface area (Å²) in [7, 11) is 0. The van der Waals surface area contributed by atoms with E-state index in [9.17, 15) is 0 Å². The van der Waals surface area contributed by atoms with Crippen LogP contribution in [0.5, 0.6) is 11.6 Å². The Morgan fingerprint density at radius 1 is 0.825 bits per heavy atom. The molecule has 0 bridgehead atoms. The van der Waals surface area contributed by atoms with Gasteiger partial charge in [-0.05, 0) is 71.0 Å². The van der Waals surface area contributed by atoms with Crippen molar-refractivity contribution in [2.24, 2.45) is 0 Å². The van der Waals surface area contributed by atoms with Gasteiger partial charge < -0.3 is 9.30 Å². The summed E-state index contributed by atoms with van der Waals surface area (Å²) in [5.74, 6) is 3.20. The van der Waals surface area contributed by atoms with E-state index < -0.39 is 0 Å². The van der Waals surface area contributed by atoms with Crippen LogP contribution in [0.2, 0.25) is 0 Å². The third-order valence-corrected chi connectivity index (χ3v) is 7.86. The summed E-state index contributed by atoms with van der Waals surface area (Å²) >= 11 is 0. The van der Waals surface area contributed by atoms with Crippen molar-refractivity contribution in [1.82, 2.24) is 14.5 Å². The molecule has 6 aromatic rings. The van der Waals surface area contributed by atoms with Crippen LogP contribution in [0.15, 0.2) is 91.3 Å². The van der Waals surface area contributed by atoms with E-state index in [-0.39, 0.29) is 21.1 Å². The van der Waals surface area contributed by atoms with Gasteiger partial charge in [0, 0.05) is 29.7 Å². The van der Waals surface area contributed by atoms with Gasteiger partial charge in [0.05, 0.1) is 0 Å². The average molecular weight is 703 g/mol. The van der Waals surface area contributed by atoms with E-state index in [1.165, 1.54) is 35.8 Å². The molecule has 3 aromatic heterocycles. The number of hydrogen-bond acceptors (Lipinski definition) is 3. The van der Waals surface area contributed by atoms with E-state index in [2.05, 4.69) is 84.1 Å². The monoisotopic (exact) mass is 702 g/mol. The zero-order valence-electron chi connectivity index (χ0n) is 22.5. The Balaban J connectivity index is 0.00000289. The van der Waals surface area contributed by atoms with Crippen molar-refractivity contribution in [3.63, 3.8) is 0 Å². The van der Waals surface area contributed by atoms with E-state index in [0.717, 1.165) is 33.4 Å². The molecule has 4 nitrogen and oxygen atoms in total. The minimum Gasteiger partial charge on any atom is -0.460 e. The van der Waals surface area contributed by atoms with Crippen LogP contribution in [0.3, 0.4) is 0 Å². The number of pyridine rings is 2. The summed E-state index contributed by atoms with van der Waals surface area (Å²) in [6.45, 7) is 4.33. The fraction of sp³-hybridized carbons (Fsp3) is 0.200. The largest absolute Gasteiger partial charge is 2.00 e. The molecule has 1 fully saturated rings. The van der Waals surface area contributed by atoms with Crippen molar-refractivity contribution in [2.75, 3.05) is 0 Å². The summed E-state index contributed by atoms with van der Waals surface area (Å²) in [6.07, 6.45) is 7.58. The Morgan fingerprint density at radius 3 is 2.48 bits per heavy atom. The Kier molecular flexibility index (Phi) is 7.29. The Morgan fingerprint density at radius 2 is 1.65 bits per heavy atom. The number of rotatable bonds is 6. The number of nitrogens with zero attached hydrogens (tertiary/aromatic N) is 3. The molecule has 0 amide bonds. The first-order valence-electron chi connectivity index (χ1n) is 13.7. The second-order valence-electron chi connectivity index (χ2n) is 10.7. The van der Waals surface area contributed by atoms with Crippen LogP contribution in [-0.2, 0) is 21.1 Å².